The van der Waals surface area contributed by atoms with Crippen LogP contribution in [-0.2, 0) is 0 Å². The average Bonchev–Trinajstić information content (AvgIpc) is 2.42. The molecule has 2 rings (SSSR count). The van der Waals surface area contributed by atoms with Gasteiger partial charge in [-0.25, -0.2) is 0 Å². The van der Waals surface area contributed by atoms with Crippen LogP contribution in [0.25, 0.3) is 0 Å². The van der Waals surface area contributed by atoms with Gasteiger partial charge in [-0.05, 0) is 45.0 Å². The standard InChI is InChI=1S/C16H25N3O2/c1-4-21-14-7-5-6-12(17)15(14)16(20)18-13-8-9-19(3)10-11(13)2/h5-7,11,13H,4,8-10,17H2,1-3H3,(H,18,20). The third kappa shape index (κ3) is 3.67. The molecule has 0 saturated carbocycles. The fourth-order valence-electron chi connectivity index (χ4n) is 2.88. The van der Waals surface area contributed by atoms with E-state index in [-0.39, 0.29) is 11.9 Å². The Morgan fingerprint density at radius 1 is 1.52 bits per heavy atom. The zero-order chi connectivity index (χ0) is 15.4. The topological polar surface area (TPSA) is 67.6 Å². The largest absolute Gasteiger partial charge is 0.493 e. The molecule has 5 heteroatoms. The van der Waals surface area contributed by atoms with Crippen molar-refractivity contribution in [3.63, 3.8) is 0 Å². The summed E-state index contributed by atoms with van der Waals surface area (Å²) in [5, 5.41) is 3.12. The molecule has 0 radical (unpaired) electrons. The normalized spacial score (nSPS) is 22.8. The minimum absolute atomic E-state index is 0.141. The highest BCUT2D eigenvalue weighted by Gasteiger charge is 2.27. The summed E-state index contributed by atoms with van der Waals surface area (Å²) < 4.78 is 5.52. The van der Waals surface area contributed by atoms with Gasteiger partial charge in [0.1, 0.15) is 11.3 Å². The molecule has 1 aliphatic heterocycles. The highest BCUT2D eigenvalue weighted by Crippen LogP contribution is 2.25. The molecule has 116 valence electrons. The molecule has 1 heterocycles. The van der Waals surface area contributed by atoms with Crippen LogP contribution in [0, 0.1) is 5.92 Å². The van der Waals surface area contributed by atoms with E-state index >= 15 is 0 Å². The molecule has 1 saturated heterocycles. The second kappa shape index (κ2) is 6.80. The van der Waals surface area contributed by atoms with Crippen LogP contribution in [0.2, 0.25) is 0 Å². The molecule has 0 aromatic heterocycles. The molecule has 1 aromatic rings. The molecule has 2 unspecified atom stereocenters. The third-order valence-corrected chi connectivity index (χ3v) is 4.01. The van der Waals surface area contributed by atoms with Crippen LogP contribution in [0.5, 0.6) is 5.75 Å². The molecular weight excluding hydrogens is 266 g/mol. The summed E-state index contributed by atoms with van der Waals surface area (Å²) in [5.74, 6) is 0.835. The van der Waals surface area contributed by atoms with E-state index in [1.54, 1.807) is 18.2 Å². The summed E-state index contributed by atoms with van der Waals surface area (Å²) in [6, 6.07) is 5.50. The SMILES string of the molecule is CCOc1cccc(N)c1C(=O)NC1CCN(C)CC1C. The van der Waals surface area contributed by atoms with Gasteiger partial charge >= 0.3 is 0 Å². The van der Waals surface area contributed by atoms with Gasteiger partial charge in [0.15, 0.2) is 0 Å². The van der Waals surface area contributed by atoms with Crippen molar-refractivity contribution in [3.05, 3.63) is 23.8 Å². The smallest absolute Gasteiger partial charge is 0.257 e. The van der Waals surface area contributed by atoms with Gasteiger partial charge in [0.25, 0.3) is 5.91 Å². The molecule has 21 heavy (non-hydrogen) atoms. The minimum Gasteiger partial charge on any atom is -0.493 e. The molecule has 5 nitrogen and oxygen atoms in total. The Morgan fingerprint density at radius 2 is 2.29 bits per heavy atom. The van der Waals surface area contributed by atoms with Gasteiger partial charge < -0.3 is 20.7 Å². The first kappa shape index (κ1) is 15.6. The van der Waals surface area contributed by atoms with Gasteiger partial charge in [-0.1, -0.05) is 13.0 Å². The van der Waals surface area contributed by atoms with Crippen LogP contribution in [0.15, 0.2) is 18.2 Å². The van der Waals surface area contributed by atoms with Crippen LogP contribution >= 0.6 is 0 Å². The molecule has 1 fully saturated rings. The number of anilines is 1. The molecule has 3 N–H and O–H groups in total. The molecule has 1 aliphatic rings. The van der Waals surface area contributed by atoms with Gasteiger partial charge in [0.05, 0.1) is 6.61 Å². The van der Waals surface area contributed by atoms with E-state index in [1.165, 1.54) is 0 Å². The van der Waals surface area contributed by atoms with E-state index in [1.807, 2.05) is 6.92 Å². The number of likely N-dealkylation sites (tertiary alicyclic amines) is 1. The highest BCUT2D eigenvalue weighted by atomic mass is 16.5. The fraction of sp³-hybridized carbons (Fsp3) is 0.562. The number of nitrogens with one attached hydrogen (secondary N) is 1. The number of carbonyl (C=O) groups is 1. The second-order valence-corrected chi connectivity index (χ2v) is 5.76. The van der Waals surface area contributed by atoms with Crippen molar-refractivity contribution in [2.24, 2.45) is 5.92 Å². The number of nitrogens with two attached hydrogens (primary N) is 1. The first-order chi connectivity index (χ1) is 10.0. The Balaban J connectivity index is 2.13. The predicted octanol–water partition coefficient (Wildman–Crippen LogP) is 1.74. The Labute approximate surface area is 126 Å². The monoisotopic (exact) mass is 291 g/mol. The lowest BCUT2D eigenvalue weighted by atomic mass is 9.94. The van der Waals surface area contributed by atoms with Crippen molar-refractivity contribution in [2.75, 3.05) is 32.5 Å². The lowest BCUT2D eigenvalue weighted by molar-refractivity contribution is 0.0881. The van der Waals surface area contributed by atoms with Crippen LogP contribution < -0.4 is 15.8 Å². The Morgan fingerprint density at radius 3 is 2.95 bits per heavy atom. The second-order valence-electron chi connectivity index (χ2n) is 5.76. The number of nitrogens with zero attached hydrogens (tertiary/aromatic N) is 1. The van der Waals surface area contributed by atoms with E-state index in [0.717, 1.165) is 19.5 Å². The van der Waals surface area contributed by atoms with E-state index < -0.39 is 0 Å². The summed E-state index contributed by atoms with van der Waals surface area (Å²) in [6.45, 7) is 6.56. The molecule has 0 bridgehead atoms. The fourth-order valence-corrected chi connectivity index (χ4v) is 2.88. The lowest BCUT2D eigenvalue weighted by Crippen LogP contribution is -2.49. The van der Waals surface area contributed by atoms with E-state index in [2.05, 4.69) is 24.2 Å². The number of piperidine rings is 1. The van der Waals surface area contributed by atoms with Gasteiger partial charge in [-0.2, -0.15) is 0 Å². The van der Waals surface area contributed by atoms with Gasteiger partial charge in [-0.15, -0.1) is 0 Å². The maximum atomic E-state index is 12.6. The Kier molecular flexibility index (Phi) is 5.07. The summed E-state index contributed by atoms with van der Waals surface area (Å²) in [4.78, 5) is 14.9. The van der Waals surface area contributed by atoms with Crippen molar-refractivity contribution in [1.29, 1.82) is 0 Å². The predicted molar refractivity (Wildman–Crippen MR) is 84.6 cm³/mol. The highest BCUT2D eigenvalue weighted by molar-refractivity contribution is 6.02. The van der Waals surface area contributed by atoms with Crippen LogP contribution in [0.3, 0.4) is 0 Å². The first-order valence-electron chi connectivity index (χ1n) is 7.53. The number of nitrogen functional groups attached to an aromatic ring is 1. The number of ether oxygens (including phenoxy) is 1. The first-order valence-corrected chi connectivity index (χ1v) is 7.53. The Bertz CT molecular complexity index is 504. The van der Waals surface area contributed by atoms with Crippen LogP contribution in [-0.4, -0.2) is 43.6 Å². The number of amides is 1. The number of hydrogen-bond donors (Lipinski definition) is 2. The molecular formula is C16H25N3O2. The average molecular weight is 291 g/mol. The molecule has 1 amide bonds. The number of hydrogen-bond acceptors (Lipinski definition) is 4. The van der Waals surface area contributed by atoms with Crippen LogP contribution in [0.1, 0.15) is 30.6 Å². The molecule has 0 spiro atoms. The van der Waals surface area contributed by atoms with E-state index in [9.17, 15) is 4.79 Å². The molecule has 0 aliphatic carbocycles. The van der Waals surface area contributed by atoms with Crippen LogP contribution in [0.4, 0.5) is 5.69 Å². The number of benzene rings is 1. The quantitative estimate of drug-likeness (QED) is 0.829. The maximum Gasteiger partial charge on any atom is 0.257 e. The maximum absolute atomic E-state index is 12.6. The van der Waals surface area contributed by atoms with Crippen molar-refractivity contribution in [3.8, 4) is 5.75 Å². The number of carbonyl (C=O) groups excluding carboxylic acids is 1. The van der Waals surface area contributed by atoms with Gasteiger partial charge in [0, 0.05) is 18.3 Å². The zero-order valence-electron chi connectivity index (χ0n) is 13.1. The Hall–Kier alpha value is -1.75. The van der Waals surface area contributed by atoms with Gasteiger partial charge in [-0.3, -0.25) is 4.79 Å². The summed E-state index contributed by atoms with van der Waals surface area (Å²) in [5.41, 5.74) is 6.87. The third-order valence-electron chi connectivity index (χ3n) is 4.01. The molecule has 2 atom stereocenters. The van der Waals surface area contributed by atoms with Crippen molar-refractivity contribution < 1.29 is 9.53 Å². The summed E-state index contributed by atoms with van der Waals surface area (Å²) in [6.07, 6.45) is 0.958. The van der Waals surface area contributed by atoms with E-state index in [4.69, 9.17) is 10.5 Å². The van der Waals surface area contributed by atoms with Crippen molar-refractivity contribution in [2.45, 2.75) is 26.3 Å². The van der Waals surface area contributed by atoms with Crippen molar-refractivity contribution in [1.82, 2.24) is 10.2 Å². The summed E-state index contributed by atoms with van der Waals surface area (Å²) in [7, 11) is 2.11. The molecule has 1 aromatic carbocycles. The van der Waals surface area contributed by atoms with Gasteiger partial charge in [0.2, 0.25) is 0 Å². The summed E-state index contributed by atoms with van der Waals surface area (Å²) >= 11 is 0. The minimum atomic E-state index is -0.141. The van der Waals surface area contributed by atoms with E-state index in [0.29, 0.717) is 29.5 Å². The lowest BCUT2D eigenvalue weighted by Gasteiger charge is -2.35. The zero-order valence-corrected chi connectivity index (χ0v) is 13.1. The van der Waals surface area contributed by atoms with Crippen molar-refractivity contribution >= 4 is 11.6 Å². The number of rotatable bonds is 4.